The van der Waals surface area contributed by atoms with Crippen molar-refractivity contribution < 1.29 is 14.4 Å². The van der Waals surface area contributed by atoms with Crippen molar-refractivity contribution in [3.8, 4) is 0 Å². The molecule has 0 bridgehead atoms. The molecule has 0 aliphatic heterocycles. The highest BCUT2D eigenvalue weighted by atomic mass is 16.5. The van der Waals surface area contributed by atoms with Crippen molar-refractivity contribution in [2.75, 3.05) is 0 Å². The van der Waals surface area contributed by atoms with Crippen molar-refractivity contribution in [2.45, 2.75) is 12.8 Å². The Hall–Kier alpha value is -2.04. The van der Waals surface area contributed by atoms with Gasteiger partial charge in [0, 0.05) is 6.42 Å². The zero-order chi connectivity index (χ0) is 10.8. The first kappa shape index (κ1) is 9.51. The topological polar surface area (TPSA) is 83.3 Å². The maximum Gasteiger partial charge on any atom is 0.365 e. The summed E-state index contributed by atoms with van der Waals surface area (Å²) in [5.41, 5.74) is 0.937. The second kappa shape index (κ2) is 3.61. The molecule has 5 heteroatoms. The molecular formula is C10H9NO4. The summed E-state index contributed by atoms with van der Waals surface area (Å²) in [4.78, 5) is 21.6. The standard InChI is InChI=1S/C10H9NO4/c12-8(13)5-4-6-2-1-3-7-9(6)11-15-10(7)14/h1-3,11H,4-5H2,(H,12,13). The Morgan fingerprint density at radius 1 is 1.47 bits per heavy atom. The van der Waals surface area contributed by atoms with Gasteiger partial charge >= 0.3 is 11.6 Å². The van der Waals surface area contributed by atoms with Crippen LogP contribution in [0.15, 0.2) is 27.5 Å². The lowest BCUT2D eigenvalue weighted by Gasteiger charge is -1.98. The van der Waals surface area contributed by atoms with E-state index in [0.29, 0.717) is 17.3 Å². The Morgan fingerprint density at radius 3 is 3.00 bits per heavy atom. The molecule has 0 saturated heterocycles. The van der Waals surface area contributed by atoms with Crippen LogP contribution < -0.4 is 5.63 Å². The van der Waals surface area contributed by atoms with Gasteiger partial charge in [-0.3, -0.25) is 4.79 Å². The van der Waals surface area contributed by atoms with E-state index in [2.05, 4.69) is 9.68 Å². The van der Waals surface area contributed by atoms with Crippen LogP contribution in [-0.4, -0.2) is 16.2 Å². The monoisotopic (exact) mass is 207 g/mol. The van der Waals surface area contributed by atoms with Gasteiger partial charge in [0.15, 0.2) is 0 Å². The van der Waals surface area contributed by atoms with Gasteiger partial charge in [0.2, 0.25) is 0 Å². The Kier molecular flexibility index (Phi) is 2.29. The molecule has 0 radical (unpaired) electrons. The Bertz CT molecular complexity index is 552. The molecule has 0 aliphatic carbocycles. The van der Waals surface area contributed by atoms with Gasteiger partial charge in [-0.05, 0) is 18.1 Å². The number of aryl methyl sites for hydroxylation is 1. The van der Waals surface area contributed by atoms with Crippen molar-refractivity contribution in [3.63, 3.8) is 0 Å². The largest absolute Gasteiger partial charge is 0.481 e. The third-order valence-electron chi connectivity index (χ3n) is 2.22. The first-order valence-corrected chi connectivity index (χ1v) is 4.49. The number of hydrogen-bond acceptors (Lipinski definition) is 3. The van der Waals surface area contributed by atoms with E-state index in [4.69, 9.17) is 5.11 Å². The first-order chi connectivity index (χ1) is 7.18. The maximum atomic E-state index is 11.2. The van der Waals surface area contributed by atoms with Crippen molar-refractivity contribution in [1.29, 1.82) is 0 Å². The molecule has 2 N–H and O–H groups in total. The molecule has 78 valence electrons. The van der Waals surface area contributed by atoms with E-state index in [-0.39, 0.29) is 6.42 Å². The van der Waals surface area contributed by atoms with Gasteiger partial charge in [-0.25, -0.2) is 9.95 Å². The highest BCUT2D eigenvalue weighted by Gasteiger charge is 2.08. The Morgan fingerprint density at radius 2 is 2.27 bits per heavy atom. The highest BCUT2D eigenvalue weighted by molar-refractivity contribution is 5.81. The molecule has 2 aromatic rings. The fourth-order valence-electron chi connectivity index (χ4n) is 1.49. The van der Waals surface area contributed by atoms with Crippen LogP contribution in [0.1, 0.15) is 12.0 Å². The number of fused-ring (bicyclic) bond motifs is 1. The molecular weight excluding hydrogens is 198 g/mol. The average molecular weight is 207 g/mol. The van der Waals surface area contributed by atoms with Gasteiger partial charge < -0.3 is 9.63 Å². The van der Waals surface area contributed by atoms with Gasteiger partial charge in [-0.15, -0.1) is 0 Å². The molecule has 0 aliphatic rings. The van der Waals surface area contributed by atoms with Crippen LogP contribution in [-0.2, 0) is 11.2 Å². The quantitative estimate of drug-likeness (QED) is 0.790. The number of aromatic nitrogens is 1. The summed E-state index contributed by atoms with van der Waals surface area (Å²) in [7, 11) is 0. The smallest absolute Gasteiger partial charge is 0.365 e. The van der Waals surface area contributed by atoms with Gasteiger partial charge in [0.05, 0.1) is 10.9 Å². The van der Waals surface area contributed by atoms with Crippen LogP contribution in [0.2, 0.25) is 0 Å². The second-order valence-electron chi connectivity index (χ2n) is 3.23. The number of para-hydroxylation sites is 1. The van der Waals surface area contributed by atoms with Gasteiger partial charge in [0.25, 0.3) is 0 Å². The molecule has 0 atom stereocenters. The molecule has 0 amide bonds. The molecule has 0 saturated carbocycles. The van der Waals surface area contributed by atoms with Crippen LogP contribution in [0.3, 0.4) is 0 Å². The molecule has 1 aromatic carbocycles. The van der Waals surface area contributed by atoms with E-state index in [1.807, 2.05) is 0 Å². The minimum atomic E-state index is -0.863. The number of rotatable bonds is 3. The molecule has 0 spiro atoms. The lowest BCUT2D eigenvalue weighted by molar-refractivity contribution is -0.136. The average Bonchev–Trinajstić information content (AvgIpc) is 2.58. The number of aliphatic carboxylic acids is 1. The maximum absolute atomic E-state index is 11.2. The number of carboxylic acid groups (broad SMARTS) is 1. The fourth-order valence-corrected chi connectivity index (χ4v) is 1.49. The molecule has 15 heavy (non-hydrogen) atoms. The van der Waals surface area contributed by atoms with E-state index >= 15 is 0 Å². The van der Waals surface area contributed by atoms with Crippen molar-refractivity contribution >= 4 is 16.9 Å². The Balaban J connectivity index is 2.43. The number of benzene rings is 1. The SMILES string of the molecule is O=C(O)CCc1cccc2c(=O)o[nH]c12. The number of aromatic amines is 1. The van der Waals surface area contributed by atoms with E-state index in [1.54, 1.807) is 18.2 Å². The Labute approximate surface area is 84.3 Å². The van der Waals surface area contributed by atoms with Crippen LogP contribution in [0.25, 0.3) is 10.9 Å². The van der Waals surface area contributed by atoms with Gasteiger partial charge in [-0.2, -0.15) is 0 Å². The summed E-state index contributed by atoms with van der Waals surface area (Å²) in [6.45, 7) is 0. The van der Waals surface area contributed by atoms with Crippen LogP contribution in [0, 0.1) is 0 Å². The van der Waals surface area contributed by atoms with Gasteiger partial charge in [-0.1, -0.05) is 12.1 Å². The minimum Gasteiger partial charge on any atom is -0.481 e. The van der Waals surface area contributed by atoms with E-state index < -0.39 is 11.6 Å². The van der Waals surface area contributed by atoms with E-state index in [9.17, 15) is 9.59 Å². The lowest BCUT2D eigenvalue weighted by Crippen LogP contribution is -1.98. The summed E-state index contributed by atoms with van der Waals surface area (Å²) < 4.78 is 4.63. The number of carboxylic acids is 1. The predicted molar refractivity (Wildman–Crippen MR) is 52.8 cm³/mol. The number of carbonyl (C=O) groups is 1. The number of hydrogen-bond donors (Lipinski definition) is 2. The lowest BCUT2D eigenvalue weighted by atomic mass is 10.1. The van der Waals surface area contributed by atoms with Crippen LogP contribution in [0.5, 0.6) is 0 Å². The van der Waals surface area contributed by atoms with Gasteiger partial charge in [0.1, 0.15) is 0 Å². The molecule has 1 aromatic heterocycles. The summed E-state index contributed by atoms with van der Waals surface area (Å²) in [6.07, 6.45) is 0.411. The summed E-state index contributed by atoms with van der Waals surface area (Å²) in [5.74, 6) is -0.863. The highest BCUT2D eigenvalue weighted by Crippen LogP contribution is 2.15. The summed E-state index contributed by atoms with van der Waals surface area (Å²) in [5, 5.41) is 11.5. The van der Waals surface area contributed by atoms with E-state index in [1.165, 1.54) is 0 Å². The van der Waals surface area contributed by atoms with Crippen molar-refractivity contribution in [1.82, 2.24) is 5.16 Å². The predicted octanol–water partition coefficient (Wildman–Crippen LogP) is 1.14. The first-order valence-electron chi connectivity index (χ1n) is 4.49. The third kappa shape index (κ3) is 1.76. The van der Waals surface area contributed by atoms with Crippen molar-refractivity contribution in [3.05, 3.63) is 34.2 Å². The number of H-pyrrole nitrogens is 1. The van der Waals surface area contributed by atoms with Crippen LogP contribution >= 0.6 is 0 Å². The zero-order valence-corrected chi connectivity index (χ0v) is 7.82. The third-order valence-corrected chi connectivity index (χ3v) is 2.22. The molecule has 0 unspecified atom stereocenters. The van der Waals surface area contributed by atoms with Crippen LogP contribution in [0.4, 0.5) is 0 Å². The fraction of sp³-hybridized carbons (Fsp3) is 0.200. The van der Waals surface area contributed by atoms with E-state index in [0.717, 1.165) is 5.56 Å². The normalized spacial score (nSPS) is 10.7. The summed E-state index contributed by atoms with van der Waals surface area (Å²) in [6, 6.07) is 5.13. The molecule has 5 nitrogen and oxygen atoms in total. The molecule has 1 heterocycles. The number of nitrogens with one attached hydrogen (secondary N) is 1. The zero-order valence-electron chi connectivity index (χ0n) is 7.82. The van der Waals surface area contributed by atoms with Crippen molar-refractivity contribution in [2.24, 2.45) is 0 Å². The molecule has 0 fully saturated rings. The summed E-state index contributed by atoms with van der Waals surface area (Å²) >= 11 is 0. The second-order valence-corrected chi connectivity index (χ2v) is 3.23. The minimum absolute atomic E-state index is 0.0341. The molecule has 2 rings (SSSR count).